The van der Waals surface area contributed by atoms with Crippen LogP contribution in [0.2, 0.25) is 0 Å². The number of carbonyl (C=O) groups is 1. The Labute approximate surface area is 72.6 Å². The van der Waals surface area contributed by atoms with Crippen molar-refractivity contribution in [2.75, 3.05) is 5.32 Å². The summed E-state index contributed by atoms with van der Waals surface area (Å²) in [5.41, 5.74) is 3.25. The first kappa shape index (κ1) is 8.78. The molecule has 2 heteroatoms. The molecular weight excluding hydrogens is 150 g/mol. The number of rotatable bonds is 3. The molecule has 1 amide bonds. The average molecular weight is 163 g/mol. The molecule has 0 saturated heterocycles. The summed E-state index contributed by atoms with van der Waals surface area (Å²) in [5, 5.41) is 2.71. The highest BCUT2D eigenvalue weighted by atomic mass is 16.1. The Kier molecular flexibility index (Phi) is 2.86. The molecule has 0 aliphatic rings. The maximum Gasteiger partial charge on any atom is 0.211 e. The quantitative estimate of drug-likeness (QED) is 0.679. The molecule has 64 valence electrons. The third-order valence-electron chi connectivity index (χ3n) is 1.94. The smallest absolute Gasteiger partial charge is 0.211 e. The van der Waals surface area contributed by atoms with Crippen LogP contribution in [0.3, 0.4) is 0 Å². The molecule has 0 aromatic heterocycles. The molecule has 0 unspecified atom stereocenters. The Hall–Kier alpha value is -1.31. The largest absolute Gasteiger partial charge is 0.328 e. The number of hydrogen-bond donors (Lipinski definition) is 1. The average Bonchev–Trinajstić information content (AvgIpc) is 2.09. The van der Waals surface area contributed by atoms with Crippen molar-refractivity contribution in [1.29, 1.82) is 0 Å². The maximum atomic E-state index is 10.3. The van der Waals surface area contributed by atoms with Gasteiger partial charge in [-0.05, 0) is 24.5 Å². The van der Waals surface area contributed by atoms with Crippen molar-refractivity contribution in [2.45, 2.75) is 20.3 Å². The van der Waals surface area contributed by atoms with Crippen LogP contribution in [0.15, 0.2) is 18.2 Å². The highest BCUT2D eigenvalue weighted by Crippen LogP contribution is 2.19. The van der Waals surface area contributed by atoms with Gasteiger partial charge in [-0.2, -0.15) is 0 Å². The monoisotopic (exact) mass is 163 g/mol. The molecule has 0 aliphatic heterocycles. The molecule has 0 atom stereocenters. The van der Waals surface area contributed by atoms with Gasteiger partial charge in [-0.3, -0.25) is 4.79 Å². The zero-order valence-electron chi connectivity index (χ0n) is 7.42. The van der Waals surface area contributed by atoms with Crippen LogP contribution >= 0.6 is 0 Å². The second-order valence-electron chi connectivity index (χ2n) is 2.72. The SMILES string of the molecule is CCc1cccc(C)c1NC=O. The summed E-state index contributed by atoms with van der Waals surface area (Å²) >= 11 is 0. The van der Waals surface area contributed by atoms with Crippen LogP contribution in [-0.2, 0) is 11.2 Å². The first-order valence-electron chi connectivity index (χ1n) is 4.08. The number of para-hydroxylation sites is 1. The van der Waals surface area contributed by atoms with E-state index in [0.29, 0.717) is 0 Å². The van der Waals surface area contributed by atoms with Crippen molar-refractivity contribution in [3.8, 4) is 0 Å². The molecule has 0 spiro atoms. The highest BCUT2D eigenvalue weighted by Gasteiger charge is 2.01. The minimum Gasteiger partial charge on any atom is -0.328 e. The van der Waals surface area contributed by atoms with Gasteiger partial charge in [0.25, 0.3) is 0 Å². The van der Waals surface area contributed by atoms with Crippen molar-refractivity contribution in [3.63, 3.8) is 0 Å². The van der Waals surface area contributed by atoms with Gasteiger partial charge in [0.1, 0.15) is 0 Å². The van der Waals surface area contributed by atoms with Crippen LogP contribution in [0.5, 0.6) is 0 Å². The topological polar surface area (TPSA) is 29.1 Å². The summed E-state index contributed by atoms with van der Waals surface area (Å²) < 4.78 is 0. The van der Waals surface area contributed by atoms with E-state index in [1.54, 1.807) is 0 Å². The number of nitrogens with one attached hydrogen (secondary N) is 1. The van der Waals surface area contributed by atoms with Gasteiger partial charge in [0, 0.05) is 5.69 Å². The standard InChI is InChI=1S/C10H13NO/c1-3-9-6-4-5-8(2)10(9)11-7-12/h4-7H,3H2,1-2H3,(H,11,12). The van der Waals surface area contributed by atoms with E-state index in [0.717, 1.165) is 24.1 Å². The number of anilines is 1. The second-order valence-corrected chi connectivity index (χ2v) is 2.72. The van der Waals surface area contributed by atoms with Crippen molar-refractivity contribution in [2.24, 2.45) is 0 Å². The van der Waals surface area contributed by atoms with Crippen LogP contribution in [0, 0.1) is 6.92 Å². The molecule has 1 N–H and O–H groups in total. The molecule has 0 bridgehead atoms. The van der Waals surface area contributed by atoms with Crippen molar-refractivity contribution in [3.05, 3.63) is 29.3 Å². The number of benzene rings is 1. The normalized spacial score (nSPS) is 9.50. The molecular formula is C10H13NO. The minimum absolute atomic E-state index is 0.724. The third kappa shape index (κ3) is 1.64. The van der Waals surface area contributed by atoms with Gasteiger partial charge in [-0.1, -0.05) is 25.1 Å². The lowest BCUT2D eigenvalue weighted by Crippen LogP contribution is -2.00. The lowest BCUT2D eigenvalue weighted by Gasteiger charge is -2.08. The molecule has 0 aliphatic carbocycles. The summed E-state index contributed by atoms with van der Waals surface area (Å²) in [6.45, 7) is 4.07. The molecule has 12 heavy (non-hydrogen) atoms. The molecule has 0 fully saturated rings. The molecule has 0 saturated carbocycles. The third-order valence-corrected chi connectivity index (χ3v) is 1.94. The molecule has 0 radical (unpaired) electrons. The lowest BCUT2D eigenvalue weighted by atomic mass is 10.1. The van der Waals surface area contributed by atoms with E-state index in [1.165, 1.54) is 5.56 Å². The molecule has 1 aromatic rings. The fourth-order valence-electron chi connectivity index (χ4n) is 1.29. The fourth-order valence-corrected chi connectivity index (χ4v) is 1.29. The number of aryl methyl sites for hydroxylation is 2. The predicted octanol–water partition coefficient (Wildman–Crippen LogP) is 2.13. The van der Waals surface area contributed by atoms with E-state index < -0.39 is 0 Å². The Bertz CT molecular complexity index is 281. The number of amides is 1. The van der Waals surface area contributed by atoms with E-state index in [2.05, 4.69) is 12.2 Å². The van der Waals surface area contributed by atoms with Gasteiger partial charge in [0.05, 0.1) is 0 Å². The zero-order chi connectivity index (χ0) is 8.97. The highest BCUT2D eigenvalue weighted by molar-refractivity contribution is 5.75. The molecule has 0 heterocycles. The number of carbonyl (C=O) groups excluding carboxylic acids is 1. The lowest BCUT2D eigenvalue weighted by molar-refractivity contribution is -0.105. The van der Waals surface area contributed by atoms with Crippen LogP contribution in [-0.4, -0.2) is 6.41 Å². The van der Waals surface area contributed by atoms with Gasteiger partial charge < -0.3 is 5.32 Å². The van der Waals surface area contributed by atoms with Gasteiger partial charge in [0.2, 0.25) is 6.41 Å². The minimum atomic E-state index is 0.724. The van der Waals surface area contributed by atoms with Crippen LogP contribution in [0.25, 0.3) is 0 Å². The zero-order valence-corrected chi connectivity index (χ0v) is 7.42. The summed E-state index contributed by atoms with van der Waals surface area (Å²) in [7, 11) is 0. The maximum absolute atomic E-state index is 10.3. The number of hydrogen-bond acceptors (Lipinski definition) is 1. The summed E-state index contributed by atoms with van der Waals surface area (Å²) in [6, 6.07) is 6.02. The van der Waals surface area contributed by atoms with Crippen LogP contribution in [0.4, 0.5) is 5.69 Å². The summed E-state index contributed by atoms with van der Waals surface area (Å²) in [5.74, 6) is 0. The molecule has 1 aromatic carbocycles. The molecule has 1 rings (SSSR count). The second kappa shape index (κ2) is 3.90. The Balaban J connectivity index is 3.10. The van der Waals surface area contributed by atoms with Gasteiger partial charge in [-0.15, -0.1) is 0 Å². The van der Waals surface area contributed by atoms with E-state index in [9.17, 15) is 4.79 Å². The van der Waals surface area contributed by atoms with E-state index in [1.807, 2.05) is 25.1 Å². The Morgan fingerprint density at radius 1 is 1.50 bits per heavy atom. The van der Waals surface area contributed by atoms with E-state index >= 15 is 0 Å². The molecule has 2 nitrogen and oxygen atoms in total. The summed E-state index contributed by atoms with van der Waals surface area (Å²) in [6.07, 6.45) is 1.67. The van der Waals surface area contributed by atoms with E-state index in [4.69, 9.17) is 0 Å². The van der Waals surface area contributed by atoms with Crippen LogP contribution in [0.1, 0.15) is 18.1 Å². The van der Waals surface area contributed by atoms with Gasteiger partial charge in [0.15, 0.2) is 0 Å². The fraction of sp³-hybridized carbons (Fsp3) is 0.300. The van der Waals surface area contributed by atoms with Crippen molar-refractivity contribution < 1.29 is 4.79 Å². The van der Waals surface area contributed by atoms with Gasteiger partial charge in [-0.25, -0.2) is 0 Å². The van der Waals surface area contributed by atoms with Gasteiger partial charge >= 0.3 is 0 Å². The van der Waals surface area contributed by atoms with Crippen LogP contribution < -0.4 is 5.32 Å². The Morgan fingerprint density at radius 2 is 2.25 bits per heavy atom. The summed E-state index contributed by atoms with van der Waals surface area (Å²) in [4.78, 5) is 10.3. The van der Waals surface area contributed by atoms with Crippen molar-refractivity contribution >= 4 is 12.1 Å². The predicted molar refractivity (Wildman–Crippen MR) is 50.2 cm³/mol. The van der Waals surface area contributed by atoms with Crippen molar-refractivity contribution in [1.82, 2.24) is 0 Å². The Morgan fingerprint density at radius 3 is 2.83 bits per heavy atom. The first-order valence-corrected chi connectivity index (χ1v) is 4.08. The van der Waals surface area contributed by atoms with E-state index in [-0.39, 0.29) is 0 Å². The first-order chi connectivity index (χ1) is 5.79.